The number of hydrogen-bond acceptors (Lipinski definition) is 7. The number of nitrogens with zero attached hydrogens (tertiary/aromatic N) is 2. The number of hydrogen-bond donors (Lipinski definition) is 2. The minimum absolute atomic E-state index is 0.00290. The third-order valence-corrected chi connectivity index (χ3v) is 6.49. The van der Waals surface area contributed by atoms with Crippen LogP contribution in [0.5, 0.6) is 5.88 Å². The van der Waals surface area contributed by atoms with Gasteiger partial charge in [0.25, 0.3) is 10.0 Å². The van der Waals surface area contributed by atoms with Crippen LogP contribution >= 0.6 is 0 Å². The summed E-state index contributed by atoms with van der Waals surface area (Å²) < 4.78 is 40.2. The summed E-state index contributed by atoms with van der Waals surface area (Å²) in [6, 6.07) is 8.50. The summed E-state index contributed by atoms with van der Waals surface area (Å²) in [5.74, 6) is 0.780. The molecule has 0 saturated carbocycles. The molecule has 8 nitrogen and oxygen atoms in total. The Hall–Kier alpha value is -2.39. The third-order valence-electron chi connectivity index (χ3n) is 5.16. The highest BCUT2D eigenvalue weighted by Crippen LogP contribution is 2.30. The zero-order chi connectivity index (χ0) is 21.1. The van der Waals surface area contributed by atoms with Crippen LogP contribution in [0.25, 0.3) is 0 Å². The van der Waals surface area contributed by atoms with Crippen molar-refractivity contribution < 1.29 is 17.9 Å². The summed E-state index contributed by atoms with van der Waals surface area (Å²) in [7, 11) is -3.85. The molecule has 2 N–H and O–H groups in total. The van der Waals surface area contributed by atoms with Gasteiger partial charge in [-0.15, -0.1) is 0 Å². The molecule has 1 saturated heterocycles. The fourth-order valence-corrected chi connectivity index (χ4v) is 4.78. The summed E-state index contributed by atoms with van der Waals surface area (Å²) in [6.07, 6.45) is 3.57. The lowest BCUT2D eigenvalue weighted by molar-refractivity contribution is 0.0121. The largest absolute Gasteiger partial charge is 0.475 e. The SMILES string of the molecule is CC(C)C[C@@H]1COc2cc(C3CCCCO3)nc(n2)NS(=O)(=O)c2cccc(c2)N1. The fraction of sp³-hybridized carbons (Fsp3) is 0.524. The predicted octanol–water partition coefficient (Wildman–Crippen LogP) is 3.74. The second kappa shape index (κ2) is 8.77. The first-order valence-corrected chi connectivity index (χ1v) is 11.9. The van der Waals surface area contributed by atoms with Gasteiger partial charge in [0.05, 0.1) is 22.7 Å². The smallest absolute Gasteiger partial charge is 0.264 e. The van der Waals surface area contributed by atoms with Crippen LogP contribution in [0.2, 0.25) is 0 Å². The first kappa shape index (κ1) is 20.9. The van der Waals surface area contributed by atoms with Gasteiger partial charge in [-0.2, -0.15) is 4.98 Å². The molecule has 1 fully saturated rings. The molecule has 162 valence electrons. The van der Waals surface area contributed by atoms with E-state index in [0.717, 1.165) is 31.4 Å². The molecule has 4 rings (SSSR count). The normalized spacial score (nSPS) is 23.3. The Morgan fingerprint density at radius 2 is 2.07 bits per heavy atom. The average molecular weight is 433 g/mol. The minimum atomic E-state index is -3.85. The van der Waals surface area contributed by atoms with Crippen molar-refractivity contribution in [2.45, 2.75) is 56.6 Å². The van der Waals surface area contributed by atoms with E-state index >= 15 is 0 Å². The van der Waals surface area contributed by atoms with Crippen LogP contribution in [0.1, 0.15) is 51.3 Å². The van der Waals surface area contributed by atoms with E-state index in [1.54, 1.807) is 24.3 Å². The van der Waals surface area contributed by atoms with Crippen molar-refractivity contribution in [1.82, 2.24) is 9.97 Å². The molecular weight excluding hydrogens is 404 g/mol. The highest BCUT2D eigenvalue weighted by Gasteiger charge is 2.24. The van der Waals surface area contributed by atoms with E-state index in [2.05, 4.69) is 33.9 Å². The molecule has 2 aliphatic rings. The average Bonchev–Trinajstić information content (AvgIpc) is 2.71. The summed E-state index contributed by atoms with van der Waals surface area (Å²) in [5.41, 5.74) is 1.37. The van der Waals surface area contributed by atoms with E-state index in [0.29, 0.717) is 30.7 Å². The molecule has 9 heteroatoms. The summed E-state index contributed by atoms with van der Waals surface area (Å²) >= 11 is 0. The molecule has 2 aliphatic heterocycles. The zero-order valence-corrected chi connectivity index (χ0v) is 18.1. The summed E-state index contributed by atoms with van der Waals surface area (Å²) in [4.78, 5) is 8.89. The zero-order valence-electron chi connectivity index (χ0n) is 17.3. The maximum Gasteiger partial charge on any atom is 0.264 e. The molecule has 3 heterocycles. The monoisotopic (exact) mass is 432 g/mol. The van der Waals surface area contributed by atoms with Crippen LogP contribution in [0.3, 0.4) is 0 Å². The lowest BCUT2D eigenvalue weighted by Gasteiger charge is -2.25. The van der Waals surface area contributed by atoms with Gasteiger partial charge in [0.1, 0.15) is 6.61 Å². The Kier molecular flexibility index (Phi) is 6.10. The number of anilines is 2. The standard InChI is InChI=1S/C21H28N4O4S/c1-14(2)10-16-13-29-20-12-18(19-8-3-4-9-28-19)23-21(24-20)25-30(26,27)17-7-5-6-15(11-17)22-16/h5-7,11-12,14,16,19,22H,3-4,8-10,13H2,1-2H3,(H,23,24,25)/t16-,19?/m1/s1. The molecule has 0 aliphatic carbocycles. The van der Waals surface area contributed by atoms with Gasteiger partial charge in [0.2, 0.25) is 11.8 Å². The van der Waals surface area contributed by atoms with Crippen LogP contribution in [0.15, 0.2) is 35.2 Å². The second-order valence-electron chi connectivity index (χ2n) is 8.23. The van der Waals surface area contributed by atoms with Gasteiger partial charge in [-0.3, -0.25) is 0 Å². The third kappa shape index (κ3) is 5.02. The summed E-state index contributed by atoms with van der Waals surface area (Å²) in [6.45, 7) is 5.35. The number of fused-ring (bicyclic) bond motifs is 4. The highest BCUT2D eigenvalue weighted by molar-refractivity contribution is 7.92. The molecule has 30 heavy (non-hydrogen) atoms. The molecule has 2 aromatic rings. The van der Waals surface area contributed by atoms with Crippen LogP contribution in [0.4, 0.5) is 11.6 Å². The van der Waals surface area contributed by atoms with E-state index in [-0.39, 0.29) is 23.0 Å². The fourth-order valence-electron chi connectivity index (χ4n) is 3.79. The van der Waals surface area contributed by atoms with Crippen molar-refractivity contribution in [2.75, 3.05) is 23.3 Å². The molecule has 0 spiro atoms. The van der Waals surface area contributed by atoms with Crippen LogP contribution in [-0.2, 0) is 14.8 Å². The molecule has 0 radical (unpaired) electrons. The van der Waals surface area contributed by atoms with Gasteiger partial charge in [-0.1, -0.05) is 19.9 Å². The Bertz CT molecular complexity index is 990. The Balaban J connectivity index is 1.74. The molecular formula is C21H28N4O4S. The Morgan fingerprint density at radius 1 is 1.20 bits per heavy atom. The topological polar surface area (TPSA) is 102 Å². The quantitative estimate of drug-likeness (QED) is 0.762. The maximum absolute atomic E-state index is 12.9. The van der Waals surface area contributed by atoms with Crippen LogP contribution < -0.4 is 14.8 Å². The Morgan fingerprint density at radius 3 is 2.83 bits per heavy atom. The molecule has 1 unspecified atom stereocenters. The van der Waals surface area contributed by atoms with Gasteiger partial charge < -0.3 is 14.8 Å². The predicted molar refractivity (Wildman–Crippen MR) is 114 cm³/mol. The van der Waals surface area contributed by atoms with Gasteiger partial charge in [0.15, 0.2) is 0 Å². The van der Waals surface area contributed by atoms with Gasteiger partial charge in [-0.05, 0) is 49.8 Å². The summed E-state index contributed by atoms with van der Waals surface area (Å²) in [5, 5.41) is 3.41. The van der Waals surface area contributed by atoms with E-state index < -0.39 is 10.0 Å². The van der Waals surface area contributed by atoms with E-state index in [1.807, 2.05) is 6.07 Å². The highest BCUT2D eigenvalue weighted by atomic mass is 32.2. The lowest BCUT2D eigenvalue weighted by Crippen LogP contribution is -2.29. The molecule has 1 aromatic carbocycles. The van der Waals surface area contributed by atoms with Gasteiger partial charge >= 0.3 is 0 Å². The Labute approximate surface area is 177 Å². The van der Waals surface area contributed by atoms with Gasteiger partial charge in [-0.25, -0.2) is 18.1 Å². The first-order valence-electron chi connectivity index (χ1n) is 10.4. The minimum Gasteiger partial charge on any atom is -0.475 e. The van der Waals surface area contributed by atoms with E-state index in [4.69, 9.17) is 9.47 Å². The number of benzene rings is 1. The van der Waals surface area contributed by atoms with Crippen molar-refractivity contribution in [3.05, 3.63) is 36.0 Å². The van der Waals surface area contributed by atoms with Gasteiger partial charge in [0, 0.05) is 18.4 Å². The maximum atomic E-state index is 12.9. The number of ether oxygens (including phenoxy) is 2. The number of aromatic nitrogens is 2. The molecule has 4 bridgehead atoms. The number of rotatable bonds is 3. The van der Waals surface area contributed by atoms with Crippen molar-refractivity contribution >= 4 is 21.7 Å². The van der Waals surface area contributed by atoms with Crippen molar-refractivity contribution in [2.24, 2.45) is 5.92 Å². The molecule has 0 amide bonds. The molecule has 1 aromatic heterocycles. The second-order valence-corrected chi connectivity index (χ2v) is 9.91. The van der Waals surface area contributed by atoms with Crippen LogP contribution in [-0.4, -0.2) is 37.6 Å². The van der Waals surface area contributed by atoms with E-state index in [9.17, 15) is 8.42 Å². The lowest BCUT2D eigenvalue weighted by atomic mass is 10.0. The number of nitrogens with one attached hydrogen (secondary N) is 2. The van der Waals surface area contributed by atoms with Crippen molar-refractivity contribution in [3.8, 4) is 5.88 Å². The van der Waals surface area contributed by atoms with Crippen molar-refractivity contribution in [1.29, 1.82) is 0 Å². The van der Waals surface area contributed by atoms with Crippen molar-refractivity contribution in [3.63, 3.8) is 0 Å². The molecule has 2 atom stereocenters. The first-order chi connectivity index (χ1) is 14.4. The van der Waals surface area contributed by atoms with E-state index in [1.165, 1.54) is 0 Å². The number of sulfonamides is 1. The van der Waals surface area contributed by atoms with Crippen LogP contribution in [0, 0.1) is 5.92 Å².